The van der Waals surface area contributed by atoms with Crippen molar-refractivity contribution in [3.05, 3.63) is 59.7 Å². The predicted molar refractivity (Wildman–Crippen MR) is 121 cm³/mol. The van der Waals surface area contributed by atoms with E-state index in [9.17, 15) is 9.59 Å². The second kappa shape index (κ2) is 9.73. The number of amides is 2. The molecule has 32 heavy (non-hydrogen) atoms. The van der Waals surface area contributed by atoms with Gasteiger partial charge in [-0.15, -0.1) is 0 Å². The maximum Gasteiger partial charge on any atom is 0.338 e. The van der Waals surface area contributed by atoms with E-state index in [1.54, 1.807) is 19.1 Å². The number of nitrogens with one attached hydrogen (secondary N) is 3. The highest BCUT2D eigenvalue weighted by molar-refractivity contribution is 7.99. The highest BCUT2D eigenvalue weighted by Crippen LogP contribution is 2.31. The number of urea groups is 1. The van der Waals surface area contributed by atoms with Gasteiger partial charge in [0.05, 0.1) is 24.0 Å². The van der Waals surface area contributed by atoms with Crippen molar-refractivity contribution >= 4 is 40.5 Å². The number of fused-ring (bicyclic) bond motifs is 1. The molecule has 166 valence electrons. The summed E-state index contributed by atoms with van der Waals surface area (Å²) in [5.41, 5.74) is 1.53. The third-order valence-corrected chi connectivity index (χ3v) is 5.62. The molecule has 0 saturated carbocycles. The highest BCUT2D eigenvalue weighted by Gasteiger charge is 2.35. The molecule has 4 rings (SSSR count). The summed E-state index contributed by atoms with van der Waals surface area (Å²) < 4.78 is 10.7. The van der Waals surface area contributed by atoms with Gasteiger partial charge in [-0.3, -0.25) is 0 Å². The molecule has 1 aliphatic heterocycles. The molecule has 2 amide bonds. The number of carbonyl (C=O) groups is 2. The number of thioether (sulfide) groups is 1. The largest absolute Gasteiger partial charge is 0.467 e. The van der Waals surface area contributed by atoms with E-state index in [0.717, 1.165) is 23.3 Å². The number of benzene rings is 1. The number of esters is 1. The molecule has 0 spiro atoms. The summed E-state index contributed by atoms with van der Waals surface area (Å²) in [5.74, 6) is 0.928. The molecule has 0 bridgehead atoms. The van der Waals surface area contributed by atoms with Gasteiger partial charge in [0.2, 0.25) is 0 Å². The lowest BCUT2D eigenvalue weighted by Gasteiger charge is -2.27. The number of hydrogen-bond acceptors (Lipinski definition) is 8. The average molecular weight is 454 g/mol. The van der Waals surface area contributed by atoms with E-state index in [0.29, 0.717) is 22.2 Å². The molecule has 0 saturated heterocycles. The van der Waals surface area contributed by atoms with Crippen LogP contribution < -0.4 is 16.0 Å². The molecule has 3 aromatic rings. The maximum atomic E-state index is 12.8. The Balaban J connectivity index is 1.68. The van der Waals surface area contributed by atoms with Crippen LogP contribution in [0.3, 0.4) is 0 Å². The fourth-order valence-corrected chi connectivity index (χ4v) is 4.23. The zero-order valence-corrected chi connectivity index (χ0v) is 18.5. The number of carbonyl (C=O) groups excluding carboxylic acids is 2. The first-order chi connectivity index (χ1) is 15.6. The van der Waals surface area contributed by atoms with Crippen LogP contribution >= 0.6 is 11.8 Å². The van der Waals surface area contributed by atoms with Gasteiger partial charge in [-0.1, -0.05) is 23.9 Å². The zero-order chi connectivity index (χ0) is 22.5. The number of nitrogens with zero attached hydrogens (tertiary/aromatic N) is 2. The SMILES string of the molecule is CCNc1nc(SCC2=C(C(=O)OCC)C(c3ccco3)NC(=O)N2)nc2ccccc12. The Morgan fingerprint density at radius 1 is 1.22 bits per heavy atom. The number of rotatable bonds is 8. The van der Waals surface area contributed by atoms with Crippen LogP contribution in [0.4, 0.5) is 10.6 Å². The van der Waals surface area contributed by atoms with E-state index in [1.807, 2.05) is 31.2 Å². The smallest absolute Gasteiger partial charge is 0.338 e. The first-order valence-electron chi connectivity index (χ1n) is 10.2. The van der Waals surface area contributed by atoms with Crippen LogP contribution in [0, 0.1) is 0 Å². The van der Waals surface area contributed by atoms with Crippen LogP contribution in [0.15, 0.2) is 63.5 Å². The number of aromatic nitrogens is 2. The molecule has 3 N–H and O–H groups in total. The fraction of sp³-hybridized carbons (Fsp3) is 0.273. The van der Waals surface area contributed by atoms with Crippen molar-refractivity contribution in [1.82, 2.24) is 20.6 Å². The summed E-state index contributed by atoms with van der Waals surface area (Å²) in [6.45, 7) is 4.66. The van der Waals surface area contributed by atoms with Crippen LogP contribution in [0.5, 0.6) is 0 Å². The Bertz CT molecular complexity index is 1160. The van der Waals surface area contributed by atoms with Gasteiger partial charge in [-0.2, -0.15) is 0 Å². The Morgan fingerprint density at radius 2 is 2.06 bits per heavy atom. The molecule has 10 heteroatoms. The van der Waals surface area contributed by atoms with E-state index in [1.165, 1.54) is 18.0 Å². The molecule has 1 aliphatic rings. The Hall–Kier alpha value is -3.53. The lowest BCUT2D eigenvalue weighted by molar-refractivity contribution is -0.139. The van der Waals surface area contributed by atoms with Gasteiger partial charge in [0, 0.05) is 23.4 Å². The van der Waals surface area contributed by atoms with E-state index >= 15 is 0 Å². The number of hydrogen-bond donors (Lipinski definition) is 3. The minimum atomic E-state index is -0.747. The molecule has 0 fully saturated rings. The summed E-state index contributed by atoms with van der Waals surface area (Å²) in [6.07, 6.45) is 1.49. The maximum absolute atomic E-state index is 12.8. The second-order valence-corrected chi connectivity index (χ2v) is 7.79. The van der Waals surface area contributed by atoms with E-state index in [4.69, 9.17) is 9.15 Å². The van der Waals surface area contributed by atoms with Crippen molar-refractivity contribution in [3.8, 4) is 0 Å². The van der Waals surface area contributed by atoms with Crippen molar-refractivity contribution in [1.29, 1.82) is 0 Å². The number of anilines is 1. The van der Waals surface area contributed by atoms with Crippen LogP contribution in [0.2, 0.25) is 0 Å². The molecule has 3 heterocycles. The third kappa shape index (κ3) is 4.54. The molecular weight excluding hydrogens is 430 g/mol. The molecule has 1 unspecified atom stereocenters. The molecule has 1 atom stereocenters. The topological polar surface area (TPSA) is 118 Å². The minimum Gasteiger partial charge on any atom is -0.467 e. The average Bonchev–Trinajstić information content (AvgIpc) is 3.32. The summed E-state index contributed by atoms with van der Waals surface area (Å²) >= 11 is 1.32. The first-order valence-corrected chi connectivity index (χ1v) is 11.2. The lowest BCUT2D eigenvalue weighted by atomic mass is 10.0. The normalized spacial score (nSPS) is 15.9. The van der Waals surface area contributed by atoms with Crippen LogP contribution in [-0.4, -0.2) is 40.9 Å². The van der Waals surface area contributed by atoms with Crippen molar-refractivity contribution in [2.75, 3.05) is 24.2 Å². The van der Waals surface area contributed by atoms with Crippen molar-refractivity contribution in [2.45, 2.75) is 25.0 Å². The Morgan fingerprint density at radius 3 is 2.81 bits per heavy atom. The summed E-state index contributed by atoms with van der Waals surface area (Å²) in [4.78, 5) is 34.4. The summed E-state index contributed by atoms with van der Waals surface area (Å²) in [6, 6.07) is 9.97. The van der Waals surface area contributed by atoms with Gasteiger partial charge in [-0.25, -0.2) is 19.6 Å². The van der Waals surface area contributed by atoms with Gasteiger partial charge in [0.1, 0.15) is 17.6 Å². The van der Waals surface area contributed by atoms with E-state index in [2.05, 4.69) is 25.9 Å². The second-order valence-electron chi connectivity index (χ2n) is 6.85. The standard InChI is InChI=1S/C22H23N5O4S/c1-3-23-19-13-8-5-6-9-14(13)25-22(27-19)32-12-15-17(20(28)30-4-2)18(26-21(29)24-15)16-10-7-11-31-16/h5-11,18H,3-4,12H2,1-2H3,(H,23,25,27)(H2,24,26,29). The molecule has 9 nitrogen and oxygen atoms in total. The molecule has 2 aromatic heterocycles. The van der Waals surface area contributed by atoms with Gasteiger partial charge in [0.15, 0.2) is 5.16 Å². The van der Waals surface area contributed by atoms with Crippen molar-refractivity contribution in [3.63, 3.8) is 0 Å². The number of furan rings is 1. The monoisotopic (exact) mass is 453 g/mol. The Kier molecular flexibility index (Phi) is 6.60. The minimum absolute atomic E-state index is 0.210. The van der Waals surface area contributed by atoms with E-state index < -0.39 is 18.0 Å². The van der Waals surface area contributed by atoms with Crippen molar-refractivity contribution in [2.24, 2.45) is 0 Å². The zero-order valence-electron chi connectivity index (χ0n) is 17.7. The number of para-hydroxylation sites is 1. The predicted octanol–water partition coefficient (Wildman–Crippen LogP) is 3.62. The molecule has 0 aliphatic carbocycles. The van der Waals surface area contributed by atoms with Gasteiger partial charge >= 0.3 is 12.0 Å². The van der Waals surface area contributed by atoms with Crippen LogP contribution in [0.25, 0.3) is 10.9 Å². The highest BCUT2D eigenvalue weighted by atomic mass is 32.2. The van der Waals surface area contributed by atoms with Gasteiger partial charge < -0.3 is 25.1 Å². The number of ether oxygens (including phenoxy) is 1. The fourth-order valence-electron chi connectivity index (χ4n) is 3.41. The summed E-state index contributed by atoms with van der Waals surface area (Å²) in [5, 5.41) is 10.2. The molecule has 0 radical (unpaired) electrons. The van der Waals surface area contributed by atoms with Gasteiger partial charge in [0.25, 0.3) is 0 Å². The van der Waals surface area contributed by atoms with Crippen LogP contribution in [0.1, 0.15) is 25.6 Å². The Labute approximate surface area is 189 Å². The third-order valence-electron chi connectivity index (χ3n) is 4.75. The summed E-state index contributed by atoms with van der Waals surface area (Å²) in [7, 11) is 0. The first kappa shape index (κ1) is 21.7. The van der Waals surface area contributed by atoms with Gasteiger partial charge in [-0.05, 0) is 38.1 Å². The quantitative estimate of drug-likeness (QED) is 0.269. The lowest BCUT2D eigenvalue weighted by Crippen LogP contribution is -2.46. The molecular formula is C22H23N5O4S. The van der Waals surface area contributed by atoms with Crippen molar-refractivity contribution < 1.29 is 18.7 Å². The van der Waals surface area contributed by atoms with E-state index in [-0.39, 0.29) is 12.4 Å². The molecule has 1 aromatic carbocycles. The van der Waals surface area contributed by atoms with Crippen LogP contribution in [-0.2, 0) is 9.53 Å².